The number of nitro benzene ring substituents is 1. The highest BCUT2D eigenvalue weighted by Gasteiger charge is 2.31. The number of sulfonamides is 1. The zero-order chi connectivity index (χ0) is 19.3. The fraction of sp³-hybridized carbons (Fsp3) is 0.100. The molecular formula is C20H18N2O4S. The molecule has 0 radical (unpaired) electrons. The van der Waals surface area contributed by atoms with Gasteiger partial charge in [0.1, 0.15) is 0 Å². The van der Waals surface area contributed by atoms with Gasteiger partial charge in [0.2, 0.25) is 0 Å². The maximum Gasteiger partial charge on any atom is 0.289 e. The summed E-state index contributed by atoms with van der Waals surface area (Å²) in [6.45, 7) is 0.230. The molecule has 0 amide bonds. The van der Waals surface area contributed by atoms with Crippen LogP contribution in [0.5, 0.6) is 0 Å². The highest BCUT2D eigenvalue weighted by Crippen LogP contribution is 2.28. The van der Waals surface area contributed by atoms with Gasteiger partial charge in [0, 0.05) is 19.2 Å². The van der Waals surface area contributed by atoms with Crippen molar-refractivity contribution in [3.63, 3.8) is 0 Å². The molecule has 0 saturated heterocycles. The van der Waals surface area contributed by atoms with Gasteiger partial charge < -0.3 is 0 Å². The van der Waals surface area contributed by atoms with Crippen molar-refractivity contribution in [3.05, 3.63) is 106 Å². The SMILES string of the molecule is O=[N+]([O-])c1ccccc1S(=O)(=O)N(Cc1ccccc1)Cc1ccccc1. The van der Waals surface area contributed by atoms with Crippen molar-refractivity contribution in [2.24, 2.45) is 0 Å². The third-order valence-corrected chi connectivity index (χ3v) is 5.92. The van der Waals surface area contributed by atoms with Crippen LogP contribution in [-0.4, -0.2) is 17.6 Å². The van der Waals surface area contributed by atoms with Gasteiger partial charge in [-0.2, -0.15) is 4.31 Å². The Kier molecular flexibility index (Phi) is 5.63. The fourth-order valence-electron chi connectivity index (χ4n) is 2.77. The van der Waals surface area contributed by atoms with Crippen LogP contribution in [0, 0.1) is 10.1 Å². The molecule has 0 atom stereocenters. The largest absolute Gasteiger partial charge is 0.289 e. The minimum absolute atomic E-state index is 0.115. The number of rotatable bonds is 7. The molecule has 0 aliphatic rings. The molecule has 27 heavy (non-hydrogen) atoms. The second-order valence-corrected chi connectivity index (χ2v) is 7.88. The smallest absolute Gasteiger partial charge is 0.258 e. The van der Waals surface area contributed by atoms with E-state index in [1.54, 1.807) is 0 Å². The first-order chi connectivity index (χ1) is 13.0. The molecule has 138 valence electrons. The van der Waals surface area contributed by atoms with Crippen molar-refractivity contribution >= 4 is 15.7 Å². The van der Waals surface area contributed by atoms with Crippen LogP contribution in [0.15, 0.2) is 89.8 Å². The summed E-state index contributed by atoms with van der Waals surface area (Å²) in [5.74, 6) is 0. The van der Waals surface area contributed by atoms with Gasteiger partial charge in [-0.05, 0) is 17.2 Å². The van der Waals surface area contributed by atoms with Gasteiger partial charge in [-0.25, -0.2) is 8.42 Å². The lowest BCUT2D eigenvalue weighted by Gasteiger charge is -2.22. The van der Waals surface area contributed by atoms with E-state index in [0.29, 0.717) is 0 Å². The zero-order valence-corrected chi connectivity index (χ0v) is 15.2. The van der Waals surface area contributed by atoms with E-state index in [9.17, 15) is 18.5 Å². The van der Waals surface area contributed by atoms with Gasteiger partial charge in [0.05, 0.1) is 4.92 Å². The third-order valence-electron chi connectivity index (χ3n) is 4.08. The van der Waals surface area contributed by atoms with Crippen molar-refractivity contribution in [1.29, 1.82) is 0 Å². The summed E-state index contributed by atoms with van der Waals surface area (Å²) < 4.78 is 27.8. The Bertz CT molecular complexity index is 981. The molecule has 0 saturated carbocycles. The fourth-order valence-corrected chi connectivity index (χ4v) is 4.34. The first kappa shape index (κ1) is 18.8. The number of hydrogen-bond acceptors (Lipinski definition) is 4. The summed E-state index contributed by atoms with van der Waals surface area (Å²) in [6.07, 6.45) is 0. The highest BCUT2D eigenvalue weighted by molar-refractivity contribution is 7.89. The second kappa shape index (κ2) is 8.11. The molecule has 0 aromatic heterocycles. The maximum atomic E-state index is 13.3. The van der Waals surface area contributed by atoms with Gasteiger partial charge >= 0.3 is 0 Å². The maximum absolute atomic E-state index is 13.3. The van der Waals surface area contributed by atoms with E-state index < -0.39 is 20.6 Å². The number of nitrogens with zero attached hydrogens (tertiary/aromatic N) is 2. The second-order valence-electron chi connectivity index (χ2n) is 5.97. The molecule has 0 aliphatic carbocycles. The van der Waals surface area contributed by atoms with Crippen molar-refractivity contribution in [3.8, 4) is 0 Å². The lowest BCUT2D eigenvalue weighted by Crippen LogP contribution is -2.30. The normalized spacial score (nSPS) is 11.4. The van der Waals surface area contributed by atoms with Crippen LogP contribution < -0.4 is 0 Å². The minimum Gasteiger partial charge on any atom is -0.258 e. The predicted octanol–water partition coefficient (Wildman–Crippen LogP) is 3.99. The Balaban J connectivity index is 2.04. The van der Waals surface area contributed by atoms with Crippen LogP contribution >= 0.6 is 0 Å². The lowest BCUT2D eigenvalue weighted by atomic mass is 10.2. The molecule has 7 heteroatoms. The van der Waals surface area contributed by atoms with Crippen LogP contribution in [0.25, 0.3) is 0 Å². The molecule has 0 aliphatic heterocycles. The highest BCUT2D eigenvalue weighted by atomic mass is 32.2. The molecule has 0 heterocycles. The van der Waals surface area contributed by atoms with Gasteiger partial charge in [-0.15, -0.1) is 0 Å². The number of benzene rings is 3. The molecule has 0 unspecified atom stereocenters. The Hall–Kier alpha value is -3.03. The zero-order valence-electron chi connectivity index (χ0n) is 14.4. The molecule has 6 nitrogen and oxygen atoms in total. The molecule has 3 aromatic carbocycles. The predicted molar refractivity (Wildman–Crippen MR) is 102 cm³/mol. The molecule has 3 aromatic rings. The molecule has 3 rings (SSSR count). The lowest BCUT2D eigenvalue weighted by molar-refractivity contribution is -0.387. The van der Waals surface area contributed by atoms with Crippen molar-refractivity contribution in [2.75, 3.05) is 0 Å². The number of para-hydroxylation sites is 1. The number of hydrogen-bond donors (Lipinski definition) is 0. The standard InChI is InChI=1S/C20H18N2O4S/c23-22(24)19-13-7-8-14-20(19)27(25,26)21(15-17-9-3-1-4-10-17)16-18-11-5-2-6-12-18/h1-14H,15-16H2. The van der Waals surface area contributed by atoms with Crippen LogP contribution in [-0.2, 0) is 23.1 Å². The van der Waals surface area contributed by atoms with Crippen LogP contribution in [0.3, 0.4) is 0 Å². The summed E-state index contributed by atoms with van der Waals surface area (Å²) in [5, 5.41) is 11.3. The van der Waals surface area contributed by atoms with E-state index >= 15 is 0 Å². The van der Waals surface area contributed by atoms with E-state index in [0.717, 1.165) is 11.1 Å². The molecular weight excluding hydrogens is 364 g/mol. The summed E-state index contributed by atoms with van der Waals surface area (Å²) >= 11 is 0. The van der Waals surface area contributed by atoms with Crippen molar-refractivity contribution in [1.82, 2.24) is 4.31 Å². The van der Waals surface area contributed by atoms with E-state index in [4.69, 9.17) is 0 Å². The van der Waals surface area contributed by atoms with E-state index in [2.05, 4.69) is 0 Å². The first-order valence-electron chi connectivity index (χ1n) is 8.30. The summed E-state index contributed by atoms with van der Waals surface area (Å²) in [5.41, 5.74) is 1.18. The number of nitro groups is 1. The van der Waals surface area contributed by atoms with Crippen LogP contribution in [0.2, 0.25) is 0 Å². The van der Waals surface area contributed by atoms with Gasteiger partial charge in [-0.1, -0.05) is 72.8 Å². The van der Waals surface area contributed by atoms with Gasteiger partial charge in [-0.3, -0.25) is 10.1 Å². The molecule has 0 spiro atoms. The summed E-state index contributed by atoms with van der Waals surface area (Å²) in [4.78, 5) is 10.4. The molecule has 0 fully saturated rings. The van der Waals surface area contributed by atoms with E-state index in [1.165, 1.54) is 28.6 Å². The summed E-state index contributed by atoms with van der Waals surface area (Å²) in [7, 11) is -4.08. The topological polar surface area (TPSA) is 80.5 Å². The summed E-state index contributed by atoms with van der Waals surface area (Å²) in [6, 6.07) is 23.7. The molecule has 0 bridgehead atoms. The average Bonchev–Trinajstić information content (AvgIpc) is 2.69. The Morgan fingerprint density at radius 3 is 1.67 bits per heavy atom. The minimum atomic E-state index is -4.08. The quantitative estimate of drug-likeness (QED) is 0.457. The molecule has 0 N–H and O–H groups in total. The Morgan fingerprint density at radius 2 is 1.19 bits per heavy atom. The van der Waals surface area contributed by atoms with Crippen molar-refractivity contribution in [2.45, 2.75) is 18.0 Å². The average molecular weight is 382 g/mol. The Morgan fingerprint density at radius 1 is 0.741 bits per heavy atom. The first-order valence-corrected chi connectivity index (χ1v) is 9.74. The monoisotopic (exact) mass is 382 g/mol. The van der Waals surface area contributed by atoms with E-state index in [-0.39, 0.29) is 18.0 Å². The van der Waals surface area contributed by atoms with Crippen molar-refractivity contribution < 1.29 is 13.3 Å². The van der Waals surface area contributed by atoms with Gasteiger partial charge in [0.25, 0.3) is 15.7 Å². The third kappa shape index (κ3) is 4.39. The van der Waals surface area contributed by atoms with Crippen LogP contribution in [0.1, 0.15) is 11.1 Å². The Labute approximate surface area is 157 Å². The van der Waals surface area contributed by atoms with Gasteiger partial charge in [0.15, 0.2) is 4.90 Å². The van der Waals surface area contributed by atoms with E-state index in [1.807, 2.05) is 60.7 Å². The van der Waals surface area contributed by atoms with Crippen LogP contribution in [0.4, 0.5) is 5.69 Å².